The number of rotatable bonds is 2. The maximum atomic E-state index is 12.9. The van der Waals surface area contributed by atoms with Gasteiger partial charge in [0.25, 0.3) is 0 Å². The van der Waals surface area contributed by atoms with Crippen LogP contribution in [0.25, 0.3) is 0 Å². The largest absolute Gasteiger partial charge is 0.359 e. The summed E-state index contributed by atoms with van der Waals surface area (Å²) in [5.74, 6) is 0.632. The lowest BCUT2D eigenvalue weighted by Gasteiger charge is -2.39. The molecule has 10 heteroatoms. The Hall–Kier alpha value is -2.10. The van der Waals surface area contributed by atoms with Crippen LogP contribution in [0.2, 0.25) is 0 Å². The summed E-state index contributed by atoms with van der Waals surface area (Å²) in [4.78, 5) is 28.8. The number of nitrogens with one attached hydrogen (secondary N) is 1. The van der Waals surface area contributed by atoms with Crippen molar-refractivity contribution in [3.63, 3.8) is 0 Å². The molecular formula is C18H28N4O5S. The number of anilines is 1. The van der Waals surface area contributed by atoms with Crippen molar-refractivity contribution in [3.8, 4) is 0 Å². The summed E-state index contributed by atoms with van der Waals surface area (Å²) in [6.45, 7) is 6.78. The van der Waals surface area contributed by atoms with Crippen LogP contribution in [0, 0.1) is 0 Å². The van der Waals surface area contributed by atoms with Crippen LogP contribution in [0.15, 0.2) is 10.6 Å². The van der Waals surface area contributed by atoms with Gasteiger partial charge in [0.2, 0.25) is 5.91 Å². The van der Waals surface area contributed by atoms with Gasteiger partial charge in [-0.05, 0) is 19.3 Å². The van der Waals surface area contributed by atoms with E-state index in [1.165, 1.54) is 4.90 Å². The predicted octanol–water partition coefficient (Wildman–Crippen LogP) is 1.62. The molecule has 1 atom stereocenters. The van der Waals surface area contributed by atoms with Crippen LogP contribution in [-0.2, 0) is 20.0 Å². The van der Waals surface area contributed by atoms with Gasteiger partial charge in [-0.15, -0.1) is 0 Å². The van der Waals surface area contributed by atoms with E-state index in [1.807, 2.05) is 20.8 Å². The first-order chi connectivity index (χ1) is 13.1. The number of nitrogens with zero attached hydrogens (tertiary/aromatic N) is 3. The molecule has 2 aliphatic heterocycles. The fourth-order valence-corrected chi connectivity index (χ4v) is 4.62. The Balaban J connectivity index is 1.68. The summed E-state index contributed by atoms with van der Waals surface area (Å²) >= 11 is 0. The second-order valence-corrected chi connectivity index (χ2v) is 10.7. The van der Waals surface area contributed by atoms with Gasteiger partial charge >= 0.3 is 6.03 Å². The lowest BCUT2D eigenvalue weighted by molar-refractivity contribution is -0.121. The Kier molecular flexibility index (Phi) is 5.69. The Bertz CT molecular complexity index is 828. The molecule has 3 amide bonds. The van der Waals surface area contributed by atoms with Gasteiger partial charge in [-0.2, -0.15) is 0 Å². The van der Waals surface area contributed by atoms with Crippen LogP contribution in [0.5, 0.6) is 0 Å². The van der Waals surface area contributed by atoms with E-state index in [1.54, 1.807) is 11.0 Å². The van der Waals surface area contributed by atoms with Crippen LogP contribution in [0.3, 0.4) is 0 Å². The third kappa shape index (κ3) is 4.65. The number of hydrogen-bond acceptors (Lipinski definition) is 6. The summed E-state index contributed by atoms with van der Waals surface area (Å²) in [7, 11) is -3.07. The van der Waals surface area contributed by atoms with E-state index in [2.05, 4.69) is 10.5 Å². The average Bonchev–Trinajstić information content (AvgIpc) is 3.10. The fourth-order valence-electron chi connectivity index (χ4n) is 3.42. The molecule has 2 aliphatic rings. The van der Waals surface area contributed by atoms with Gasteiger partial charge in [0.15, 0.2) is 15.7 Å². The highest BCUT2D eigenvalue weighted by atomic mass is 32.2. The first-order valence-corrected chi connectivity index (χ1v) is 11.4. The van der Waals surface area contributed by atoms with Gasteiger partial charge < -0.3 is 19.6 Å². The van der Waals surface area contributed by atoms with E-state index >= 15 is 0 Å². The van der Waals surface area contributed by atoms with E-state index in [9.17, 15) is 18.0 Å². The highest BCUT2D eigenvalue weighted by Crippen LogP contribution is 2.25. The first-order valence-electron chi connectivity index (χ1n) is 9.61. The minimum atomic E-state index is -3.07. The summed E-state index contributed by atoms with van der Waals surface area (Å²) in [5, 5.41) is 6.66. The molecule has 28 heavy (non-hydrogen) atoms. The molecule has 0 aliphatic carbocycles. The summed E-state index contributed by atoms with van der Waals surface area (Å²) < 4.78 is 28.5. The topological polar surface area (TPSA) is 113 Å². The molecule has 1 N–H and O–H groups in total. The van der Waals surface area contributed by atoms with Crippen LogP contribution < -0.4 is 5.32 Å². The average molecular weight is 413 g/mol. The maximum Gasteiger partial charge on any atom is 0.320 e. The second-order valence-electron chi connectivity index (χ2n) is 8.44. The Morgan fingerprint density at radius 3 is 2.46 bits per heavy atom. The number of sulfone groups is 1. The van der Waals surface area contributed by atoms with Gasteiger partial charge in [0.05, 0.1) is 11.5 Å². The van der Waals surface area contributed by atoms with Crippen molar-refractivity contribution < 1.29 is 22.5 Å². The zero-order valence-corrected chi connectivity index (χ0v) is 17.4. The zero-order chi connectivity index (χ0) is 20.5. The number of aromatic nitrogens is 1. The molecule has 3 rings (SSSR count). The van der Waals surface area contributed by atoms with Crippen molar-refractivity contribution in [2.75, 3.05) is 36.5 Å². The van der Waals surface area contributed by atoms with Gasteiger partial charge in [-0.1, -0.05) is 25.9 Å². The molecule has 3 heterocycles. The fraction of sp³-hybridized carbons (Fsp3) is 0.722. The van der Waals surface area contributed by atoms with E-state index in [-0.39, 0.29) is 41.9 Å². The third-order valence-corrected chi connectivity index (χ3v) is 6.78. The van der Waals surface area contributed by atoms with Gasteiger partial charge in [0.1, 0.15) is 11.8 Å². The second kappa shape index (κ2) is 7.73. The van der Waals surface area contributed by atoms with Crippen molar-refractivity contribution in [1.82, 2.24) is 15.0 Å². The molecule has 9 nitrogen and oxygen atoms in total. The highest BCUT2D eigenvalue weighted by Gasteiger charge is 2.36. The first kappa shape index (κ1) is 20.6. The zero-order valence-electron chi connectivity index (χ0n) is 16.6. The molecule has 1 aromatic rings. The van der Waals surface area contributed by atoms with Crippen molar-refractivity contribution in [2.45, 2.75) is 51.5 Å². The van der Waals surface area contributed by atoms with Gasteiger partial charge in [-0.3, -0.25) is 4.79 Å². The molecular weight excluding hydrogens is 384 g/mol. The number of piperidine rings is 1. The molecule has 0 spiro atoms. The number of carbonyl (C=O) groups is 2. The summed E-state index contributed by atoms with van der Waals surface area (Å²) in [6.07, 6.45) is 2.23. The Labute approximate surface area is 165 Å². The van der Waals surface area contributed by atoms with Crippen LogP contribution in [-0.4, -0.2) is 72.5 Å². The van der Waals surface area contributed by atoms with Crippen molar-refractivity contribution in [1.29, 1.82) is 0 Å². The number of amides is 3. The molecule has 2 saturated heterocycles. The normalized spacial score (nSPS) is 22.8. The van der Waals surface area contributed by atoms with Crippen molar-refractivity contribution in [2.24, 2.45) is 0 Å². The quantitative estimate of drug-likeness (QED) is 0.790. The highest BCUT2D eigenvalue weighted by molar-refractivity contribution is 7.91. The van der Waals surface area contributed by atoms with E-state index in [4.69, 9.17) is 4.52 Å². The number of urea groups is 1. The van der Waals surface area contributed by atoms with E-state index in [0.29, 0.717) is 24.5 Å². The van der Waals surface area contributed by atoms with Gasteiger partial charge in [0, 0.05) is 31.1 Å². The van der Waals surface area contributed by atoms with Crippen molar-refractivity contribution >= 4 is 27.6 Å². The molecule has 0 bridgehead atoms. The number of carbonyl (C=O) groups excluding carboxylic acids is 2. The molecule has 1 aromatic heterocycles. The van der Waals surface area contributed by atoms with Crippen LogP contribution in [0.4, 0.5) is 10.6 Å². The SMILES string of the molecule is CC(C)(C)c1cc(NC(=O)[C@H]2CCCCN2C(=O)N2CCS(=O)(=O)CC2)no1. The smallest absolute Gasteiger partial charge is 0.320 e. The standard InChI is InChI=1S/C18H28N4O5S/c1-18(2,3)14-12-15(20-27-14)19-16(23)13-6-4-5-7-22(13)17(24)21-8-10-28(25,26)11-9-21/h12-13H,4-11H2,1-3H3,(H,19,20,23)/t13-/m1/s1. The monoisotopic (exact) mass is 412 g/mol. The summed E-state index contributed by atoms with van der Waals surface area (Å²) in [6, 6.07) is 0.822. The van der Waals surface area contributed by atoms with E-state index < -0.39 is 15.9 Å². The maximum absolute atomic E-state index is 12.9. The van der Waals surface area contributed by atoms with Crippen molar-refractivity contribution in [3.05, 3.63) is 11.8 Å². The van der Waals surface area contributed by atoms with Crippen LogP contribution >= 0.6 is 0 Å². The molecule has 0 saturated carbocycles. The molecule has 2 fully saturated rings. The van der Waals surface area contributed by atoms with Gasteiger partial charge in [-0.25, -0.2) is 13.2 Å². The minimum absolute atomic E-state index is 0.0298. The lowest BCUT2D eigenvalue weighted by Crippen LogP contribution is -2.56. The Morgan fingerprint density at radius 1 is 1.18 bits per heavy atom. The minimum Gasteiger partial charge on any atom is -0.359 e. The Morgan fingerprint density at radius 2 is 1.86 bits per heavy atom. The molecule has 0 aromatic carbocycles. The molecule has 156 valence electrons. The number of likely N-dealkylation sites (tertiary alicyclic amines) is 1. The summed E-state index contributed by atoms with van der Waals surface area (Å²) in [5.41, 5.74) is -0.225. The van der Waals surface area contributed by atoms with E-state index in [0.717, 1.165) is 12.8 Å². The predicted molar refractivity (Wildman–Crippen MR) is 104 cm³/mol. The van der Waals surface area contributed by atoms with Crippen LogP contribution in [0.1, 0.15) is 45.8 Å². The lowest BCUT2D eigenvalue weighted by atomic mass is 9.93. The number of hydrogen-bond donors (Lipinski definition) is 1. The molecule has 0 radical (unpaired) electrons. The molecule has 0 unspecified atom stereocenters. The third-order valence-electron chi connectivity index (χ3n) is 5.17.